The highest BCUT2D eigenvalue weighted by Crippen LogP contribution is 2.32. The normalized spacial score (nSPS) is 15.3. The molecule has 0 radical (unpaired) electrons. The lowest BCUT2D eigenvalue weighted by molar-refractivity contribution is -0.129. The number of thioether (sulfide) groups is 1. The molecule has 158 valence electrons. The number of aromatic amines is 1. The Labute approximate surface area is 180 Å². The maximum Gasteiger partial charge on any atom is 0.294 e. The lowest BCUT2D eigenvalue weighted by atomic mass is 10.1. The van der Waals surface area contributed by atoms with Crippen LogP contribution in [0.5, 0.6) is 0 Å². The molecule has 2 heterocycles. The highest BCUT2D eigenvalue weighted by molar-refractivity contribution is 8.18. The van der Waals surface area contributed by atoms with E-state index >= 15 is 0 Å². The van der Waals surface area contributed by atoms with Crippen LogP contribution in [0.15, 0.2) is 53.6 Å². The predicted octanol–water partition coefficient (Wildman–Crippen LogP) is 3.84. The zero-order chi connectivity index (χ0) is 22.0. The van der Waals surface area contributed by atoms with E-state index in [0.717, 1.165) is 21.4 Å². The zero-order valence-electron chi connectivity index (χ0n) is 16.2. The summed E-state index contributed by atoms with van der Waals surface area (Å²) in [6.07, 6.45) is 3.63. The Morgan fingerprint density at radius 2 is 1.94 bits per heavy atom. The van der Waals surface area contributed by atoms with Crippen LogP contribution in [-0.4, -0.2) is 40.0 Å². The molecule has 31 heavy (non-hydrogen) atoms. The molecule has 3 amide bonds. The number of hydrogen-bond donors (Lipinski definition) is 2. The van der Waals surface area contributed by atoms with Gasteiger partial charge >= 0.3 is 0 Å². The number of halogens is 2. The van der Waals surface area contributed by atoms with Crippen molar-refractivity contribution in [2.24, 2.45) is 0 Å². The molecule has 1 aliphatic rings. The van der Waals surface area contributed by atoms with E-state index in [1.54, 1.807) is 18.3 Å². The number of fused-ring (bicyclic) bond motifs is 1. The smallest absolute Gasteiger partial charge is 0.294 e. The highest BCUT2D eigenvalue weighted by atomic mass is 32.2. The molecule has 0 atom stereocenters. The van der Waals surface area contributed by atoms with Crippen LogP contribution in [0, 0.1) is 11.6 Å². The number of benzene rings is 2. The fourth-order valence-corrected chi connectivity index (χ4v) is 4.12. The Morgan fingerprint density at radius 3 is 2.74 bits per heavy atom. The van der Waals surface area contributed by atoms with Gasteiger partial charge in [-0.3, -0.25) is 19.3 Å². The van der Waals surface area contributed by atoms with Gasteiger partial charge in [-0.1, -0.05) is 12.1 Å². The van der Waals surface area contributed by atoms with Crippen molar-refractivity contribution in [3.63, 3.8) is 0 Å². The number of aromatic nitrogens is 1. The molecule has 9 heteroatoms. The summed E-state index contributed by atoms with van der Waals surface area (Å²) in [5.74, 6) is -1.88. The van der Waals surface area contributed by atoms with Crippen molar-refractivity contribution in [2.75, 3.05) is 13.1 Å². The molecular weight excluding hydrogens is 424 g/mol. The first kappa shape index (κ1) is 20.8. The average Bonchev–Trinajstić information content (AvgIpc) is 3.24. The summed E-state index contributed by atoms with van der Waals surface area (Å²) in [6.45, 7) is -0.147. The van der Waals surface area contributed by atoms with Gasteiger partial charge in [0.2, 0.25) is 5.91 Å². The molecule has 0 spiro atoms. The summed E-state index contributed by atoms with van der Waals surface area (Å²) in [5, 5.41) is 2.85. The van der Waals surface area contributed by atoms with E-state index in [4.69, 9.17) is 0 Å². The van der Waals surface area contributed by atoms with Gasteiger partial charge in [0.05, 0.1) is 4.91 Å². The van der Waals surface area contributed by atoms with Crippen LogP contribution >= 0.6 is 11.8 Å². The number of rotatable bonds is 6. The number of H-pyrrole nitrogens is 1. The first-order valence-corrected chi connectivity index (χ1v) is 10.3. The van der Waals surface area contributed by atoms with E-state index in [2.05, 4.69) is 10.3 Å². The van der Waals surface area contributed by atoms with E-state index in [-0.39, 0.29) is 17.3 Å². The molecule has 2 N–H and O–H groups in total. The summed E-state index contributed by atoms with van der Waals surface area (Å²) >= 11 is 0.706. The minimum Gasteiger partial charge on any atom is -0.361 e. The van der Waals surface area contributed by atoms with Gasteiger partial charge in [0.25, 0.3) is 11.1 Å². The minimum absolute atomic E-state index is 0.129. The third kappa shape index (κ3) is 4.66. The minimum atomic E-state index is -0.596. The van der Waals surface area contributed by atoms with Gasteiger partial charge in [-0.05, 0) is 65.7 Å². The van der Waals surface area contributed by atoms with Gasteiger partial charge in [0.1, 0.15) is 18.2 Å². The van der Waals surface area contributed by atoms with Gasteiger partial charge in [-0.2, -0.15) is 0 Å². The van der Waals surface area contributed by atoms with E-state index in [9.17, 15) is 23.2 Å². The van der Waals surface area contributed by atoms with Crippen LogP contribution in [-0.2, 0) is 16.0 Å². The van der Waals surface area contributed by atoms with Gasteiger partial charge in [-0.25, -0.2) is 8.78 Å². The second-order valence-corrected chi connectivity index (χ2v) is 7.92. The lowest BCUT2D eigenvalue weighted by Gasteiger charge is -2.12. The summed E-state index contributed by atoms with van der Waals surface area (Å²) in [7, 11) is 0. The van der Waals surface area contributed by atoms with Crippen molar-refractivity contribution in [1.82, 2.24) is 15.2 Å². The van der Waals surface area contributed by atoms with E-state index in [1.807, 2.05) is 0 Å². The second-order valence-electron chi connectivity index (χ2n) is 6.93. The lowest BCUT2D eigenvalue weighted by Crippen LogP contribution is -2.40. The van der Waals surface area contributed by atoms with Crippen LogP contribution in [0.3, 0.4) is 0 Å². The van der Waals surface area contributed by atoms with Crippen molar-refractivity contribution >= 4 is 45.8 Å². The molecule has 0 bridgehead atoms. The number of hydrogen-bond acceptors (Lipinski definition) is 4. The fourth-order valence-electron chi connectivity index (χ4n) is 3.28. The first-order chi connectivity index (χ1) is 14.9. The number of carbonyl (C=O) groups is 3. The Bertz CT molecular complexity index is 1220. The summed E-state index contributed by atoms with van der Waals surface area (Å²) in [5.41, 5.74) is 2.09. The third-order valence-corrected chi connectivity index (χ3v) is 5.68. The molecule has 2 aromatic carbocycles. The molecule has 6 nitrogen and oxygen atoms in total. The first-order valence-electron chi connectivity index (χ1n) is 9.44. The van der Waals surface area contributed by atoms with Crippen molar-refractivity contribution in [1.29, 1.82) is 0 Å². The van der Waals surface area contributed by atoms with Crippen LogP contribution in [0.2, 0.25) is 0 Å². The Hall–Kier alpha value is -3.46. The van der Waals surface area contributed by atoms with E-state index in [0.29, 0.717) is 23.7 Å². The van der Waals surface area contributed by atoms with Crippen LogP contribution in [0.1, 0.15) is 11.1 Å². The molecule has 3 aromatic rings. The van der Waals surface area contributed by atoms with Crippen LogP contribution in [0.4, 0.5) is 13.6 Å². The largest absolute Gasteiger partial charge is 0.361 e. The summed E-state index contributed by atoms with van der Waals surface area (Å²) < 4.78 is 26.8. The van der Waals surface area contributed by atoms with Crippen molar-refractivity contribution in [3.05, 3.63) is 76.3 Å². The van der Waals surface area contributed by atoms with Gasteiger partial charge in [0.15, 0.2) is 0 Å². The molecule has 0 unspecified atom stereocenters. The molecule has 1 aliphatic heterocycles. The second kappa shape index (κ2) is 8.73. The fraction of sp³-hybridized carbons (Fsp3) is 0.136. The number of carbonyl (C=O) groups excluding carboxylic acids is 3. The number of amides is 3. The Balaban J connectivity index is 1.34. The Kier molecular flexibility index (Phi) is 5.85. The van der Waals surface area contributed by atoms with Gasteiger partial charge < -0.3 is 10.3 Å². The van der Waals surface area contributed by atoms with Crippen molar-refractivity contribution in [3.8, 4) is 0 Å². The van der Waals surface area contributed by atoms with E-state index < -0.39 is 29.4 Å². The maximum atomic E-state index is 13.5. The zero-order valence-corrected chi connectivity index (χ0v) is 17.0. The molecule has 4 rings (SSSR count). The van der Waals surface area contributed by atoms with Gasteiger partial charge in [0, 0.05) is 23.6 Å². The van der Waals surface area contributed by atoms with E-state index in [1.165, 1.54) is 36.4 Å². The summed E-state index contributed by atoms with van der Waals surface area (Å²) in [6, 6.07) is 10.1. The van der Waals surface area contributed by atoms with Crippen LogP contribution in [0.25, 0.3) is 17.0 Å². The monoisotopic (exact) mass is 441 g/mol. The molecule has 1 aromatic heterocycles. The molecule has 0 saturated carbocycles. The van der Waals surface area contributed by atoms with Crippen molar-refractivity contribution in [2.45, 2.75) is 6.42 Å². The topological polar surface area (TPSA) is 82.3 Å². The number of nitrogens with zero attached hydrogens (tertiary/aromatic N) is 1. The number of imide groups is 1. The molecule has 1 saturated heterocycles. The Morgan fingerprint density at radius 1 is 1.13 bits per heavy atom. The quantitative estimate of drug-likeness (QED) is 0.570. The van der Waals surface area contributed by atoms with Crippen molar-refractivity contribution < 1.29 is 23.2 Å². The van der Waals surface area contributed by atoms with Crippen LogP contribution < -0.4 is 5.32 Å². The molecular formula is C22H17F2N3O3S. The highest BCUT2D eigenvalue weighted by Gasteiger charge is 2.36. The predicted molar refractivity (Wildman–Crippen MR) is 114 cm³/mol. The average molecular weight is 441 g/mol. The van der Waals surface area contributed by atoms with Gasteiger partial charge in [-0.15, -0.1) is 0 Å². The SMILES string of the molecule is O=C(CN1C(=O)SC(=Cc2cccc(F)c2)C1=O)NCCc1c[nH]c2ccc(F)cc12. The molecule has 1 fully saturated rings. The molecule has 0 aliphatic carbocycles. The maximum absolute atomic E-state index is 13.5. The standard InChI is InChI=1S/C22H17F2N3O3S/c23-15-3-1-2-13(8-15)9-19-21(29)27(22(30)31-19)12-20(28)25-7-6-14-11-26-18-5-4-16(24)10-17(14)18/h1-5,8-11,26H,6-7,12H2,(H,25,28). The summed E-state index contributed by atoms with van der Waals surface area (Å²) in [4.78, 5) is 40.9. The third-order valence-electron chi connectivity index (χ3n) is 4.77. The number of nitrogens with one attached hydrogen (secondary N) is 2.